The van der Waals surface area contributed by atoms with Gasteiger partial charge >= 0.3 is 12.1 Å². The van der Waals surface area contributed by atoms with Crippen LogP contribution in [0.1, 0.15) is 37.4 Å². The number of nitrogens with one attached hydrogen (secondary N) is 1. The molecule has 0 aliphatic carbocycles. The van der Waals surface area contributed by atoms with Crippen molar-refractivity contribution in [1.29, 1.82) is 0 Å². The number of alkyl halides is 3. The maximum absolute atomic E-state index is 12.5. The fourth-order valence-corrected chi connectivity index (χ4v) is 1.72. The van der Waals surface area contributed by atoms with E-state index in [0.717, 1.165) is 18.6 Å². The van der Waals surface area contributed by atoms with Gasteiger partial charge in [-0.05, 0) is 37.6 Å². The highest BCUT2D eigenvalue weighted by atomic mass is 19.4. The zero-order valence-electron chi connectivity index (χ0n) is 11.5. The Morgan fingerprint density at radius 1 is 1.25 bits per heavy atom. The molecule has 0 spiro atoms. The number of esters is 1. The molecular weight excluding hydrogens is 271 g/mol. The normalized spacial score (nSPS) is 13.1. The molecule has 1 aromatic rings. The lowest BCUT2D eigenvalue weighted by Gasteiger charge is -2.18. The number of ether oxygens (including phenoxy) is 1. The fraction of sp³-hybridized carbons (Fsp3) is 0.500. The van der Waals surface area contributed by atoms with Crippen molar-refractivity contribution < 1.29 is 22.7 Å². The highest BCUT2D eigenvalue weighted by molar-refractivity contribution is 5.77. The number of rotatable bonds is 6. The lowest BCUT2D eigenvalue weighted by Crippen LogP contribution is -2.30. The quantitative estimate of drug-likeness (QED) is 0.817. The van der Waals surface area contributed by atoms with Crippen LogP contribution in [0.4, 0.5) is 13.2 Å². The zero-order chi connectivity index (χ0) is 15.2. The van der Waals surface area contributed by atoms with E-state index in [1.165, 1.54) is 12.1 Å². The summed E-state index contributed by atoms with van der Waals surface area (Å²) >= 11 is 0. The number of carbonyl (C=O) groups is 1. The fourth-order valence-electron chi connectivity index (χ4n) is 1.72. The maximum atomic E-state index is 12.5. The topological polar surface area (TPSA) is 38.3 Å². The molecule has 0 aromatic heterocycles. The molecule has 1 atom stereocenters. The van der Waals surface area contributed by atoms with Gasteiger partial charge in [-0.2, -0.15) is 13.2 Å². The Morgan fingerprint density at radius 3 is 2.30 bits per heavy atom. The minimum absolute atomic E-state index is 0.226. The van der Waals surface area contributed by atoms with Gasteiger partial charge in [0.15, 0.2) is 0 Å². The first-order valence-corrected chi connectivity index (χ1v) is 6.47. The van der Waals surface area contributed by atoms with Crippen molar-refractivity contribution in [3.8, 4) is 0 Å². The Bertz CT molecular complexity index is 429. The second-order valence-electron chi connectivity index (χ2n) is 4.26. The molecule has 1 aromatic carbocycles. The van der Waals surface area contributed by atoms with Crippen LogP contribution in [0.25, 0.3) is 0 Å². The van der Waals surface area contributed by atoms with Gasteiger partial charge in [-0.15, -0.1) is 0 Å². The molecular formula is C14H18F3NO2. The summed E-state index contributed by atoms with van der Waals surface area (Å²) in [4.78, 5) is 11.8. The largest absolute Gasteiger partial charge is 0.465 e. The molecule has 0 fully saturated rings. The summed E-state index contributed by atoms with van der Waals surface area (Å²) in [5.41, 5.74) is -0.274. The Hall–Kier alpha value is -1.56. The smallest absolute Gasteiger partial charge is 0.416 e. The predicted octanol–water partition coefficient (Wildman–Crippen LogP) is 3.31. The van der Waals surface area contributed by atoms with Crippen molar-refractivity contribution in [2.45, 2.75) is 32.5 Å². The SMILES string of the molecule is CCCNC(C(=O)OCC)c1ccc(C(F)(F)F)cc1. The van der Waals surface area contributed by atoms with Crippen molar-refractivity contribution in [2.24, 2.45) is 0 Å². The second kappa shape index (κ2) is 7.28. The monoisotopic (exact) mass is 289 g/mol. The molecule has 20 heavy (non-hydrogen) atoms. The molecule has 0 aliphatic heterocycles. The van der Waals surface area contributed by atoms with E-state index in [1.807, 2.05) is 6.92 Å². The van der Waals surface area contributed by atoms with E-state index in [-0.39, 0.29) is 6.61 Å². The molecule has 1 rings (SSSR count). The van der Waals surface area contributed by atoms with Crippen molar-refractivity contribution >= 4 is 5.97 Å². The van der Waals surface area contributed by atoms with Gasteiger partial charge in [0, 0.05) is 0 Å². The van der Waals surface area contributed by atoms with Gasteiger partial charge in [0.1, 0.15) is 6.04 Å². The highest BCUT2D eigenvalue weighted by Gasteiger charge is 2.30. The summed E-state index contributed by atoms with van der Waals surface area (Å²) in [6.07, 6.45) is -3.58. The third-order valence-corrected chi connectivity index (χ3v) is 2.69. The molecule has 3 nitrogen and oxygen atoms in total. The Morgan fingerprint density at radius 2 is 1.85 bits per heavy atom. The third kappa shape index (κ3) is 4.52. The minimum atomic E-state index is -4.38. The van der Waals surface area contributed by atoms with Gasteiger partial charge in [0.25, 0.3) is 0 Å². The summed E-state index contributed by atoms with van der Waals surface area (Å²) < 4.78 is 42.4. The van der Waals surface area contributed by atoms with Crippen LogP contribution >= 0.6 is 0 Å². The van der Waals surface area contributed by atoms with Crippen molar-refractivity contribution in [3.05, 3.63) is 35.4 Å². The zero-order valence-corrected chi connectivity index (χ0v) is 11.5. The summed E-state index contributed by atoms with van der Waals surface area (Å²) in [6.45, 7) is 4.41. The van der Waals surface area contributed by atoms with Crippen LogP contribution in [0, 0.1) is 0 Å². The van der Waals surface area contributed by atoms with E-state index < -0.39 is 23.8 Å². The van der Waals surface area contributed by atoms with Crippen LogP contribution in [0.3, 0.4) is 0 Å². The molecule has 0 saturated carbocycles. The van der Waals surface area contributed by atoms with E-state index in [2.05, 4.69) is 5.32 Å². The number of hydrogen-bond acceptors (Lipinski definition) is 3. The predicted molar refractivity (Wildman–Crippen MR) is 69.1 cm³/mol. The van der Waals surface area contributed by atoms with Gasteiger partial charge in [0.05, 0.1) is 12.2 Å². The standard InChI is InChI=1S/C14H18F3NO2/c1-3-9-18-12(13(19)20-4-2)10-5-7-11(8-6-10)14(15,16)17/h5-8,12,18H,3-4,9H2,1-2H3. The van der Waals surface area contributed by atoms with Crippen LogP contribution in [0.5, 0.6) is 0 Å². The van der Waals surface area contributed by atoms with E-state index in [9.17, 15) is 18.0 Å². The molecule has 112 valence electrons. The summed E-state index contributed by atoms with van der Waals surface area (Å²) in [6, 6.07) is 3.79. The van der Waals surface area contributed by atoms with Crippen LogP contribution in [0.2, 0.25) is 0 Å². The second-order valence-corrected chi connectivity index (χ2v) is 4.26. The molecule has 0 heterocycles. The molecule has 1 N–H and O–H groups in total. The lowest BCUT2D eigenvalue weighted by atomic mass is 10.0. The molecule has 1 unspecified atom stereocenters. The van der Waals surface area contributed by atoms with Crippen LogP contribution in [-0.4, -0.2) is 19.1 Å². The van der Waals surface area contributed by atoms with E-state index in [4.69, 9.17) is 4.74 Å². The van der Waals surface area contributed by atoms with Gasteiger partial charge < -0.3 is 10.1 Å². The molecule has 0 amide bonds. The van der Waals surface area contributed by atoms with Crippen molar-refractivity contribution in [1.82, 2.24) is 5.32 Å². The minimum Gasteiger partial charge on any atom is -0.465 e. The molecule has 0 bridgehead atoms. The van der Waals surface area contributed by atoms with E-state index in [1.54, 1.807) is 6.92 Å². The maximum Gasteiger partial charge on any atom is 0.416 e. The first-order chi connectivity index (χ1) is 9.40. The average Bonchev–Trinajstić information content (AvgIpc) is 2.39. The molecule has 0 aliphatic rings. The highest BCUT2D eigenvalue weighted by Crippen LogP contribution is 2.30. The number of carbonyl (C=O) groups excluding carboxylic acids is 1. The Kier molecular flexibility index (Phi) is 6.01. The van der Waals surface area contributed by atoms with Crippen LogP contribution < -0.4 is 5.32 Å². The Balaban J connectivity index is 2.93. The van der Waals surface area contributed by atoms with Gasteiger partial charge in [0.2, 0.25) is 0 Å². The average molecular weight is 289 g/mol. The van der Waals surface area contributed by atoms with Crippen LogP contribution in [0.15, 0.2) is 24.3 Å². The summed E-state index contributed by atoms with van der Waals surface area (Å²) in [7, 11) is 0. The van der Waals surface area contributed by atoms with Crippen molar-refractivity contribution in [3.63, 3.8) is 0 Å². The number of hydrogen-bond donors (Lipinski definition) is 1. The van der Waals surface area contributed by atoms with Crippen molar-refractivity contribution in [2.75, 3.05) is 13.2 Å². The number of halogens is 3. The van der Waals surface area contributed by atoms with Gasteiger partial charge in [-0.3, -0.25) is 0 Å². The van der Waals surface area contributed by atoms with E-state index >= 15 is 0 Å². The summed E-state index contributed by atoms with van der Waals surface area (Å²) in [5, 5.41) is 2.97. The van der Waals surface area contributed by atoms with Gasteiger partial charge in [-0.25, -0.2) is 4.79 Å². The third-order valence-electron chi connectivity index (χ3n) is 2.69. The Labute approximate surface area is 116 Å². The summed E-state index contributed by atoms with van der Waals surface area (Å²) in [5.74, 6) is -0.485. The molecule has 6 heteroatoms. The van der Waals surface area contributed by atoms with Gasteiger partial charge in [-0.1, -0.05) is 19.1 Å². The molecule has 0 saturated heterocycles. The van der Waals surface area contributed by atoms with E-state index in [0.29, 0.717) is 12.1 Å². The molecule has 0 radical (unpaired) electrons. The number of benzene rings is 1. The lowest BCUT2D eigenvalue weighted by molar-refractivity contribution is -0.145. The first-order valence-electron chi connectivity index (χ1n) is 6.47. The van der Waals surface area contributed by atoms with Crippen LogP contribution in [-0.2, 0) is 15.7 Å². The first kappa shape index (κ1) is 16.5.